The maximum absolute atomic E-state index is 5.43. The third-order valence-electron chi connectivity index (χ3n) is 3.14. The van der Waals surface area contributed by atoms with Gasteiger partial charge in [0.2, 0.25) is 0 Å². The summed E-state index contributed by atoms with van der Waals surface area (Å²) in [5, 5.41) is 6.74. The standard InChI is InChI=1S/C15H26N2O/c1-5-18-15-8-6-14(7-9-15)17-11-13(10-16-4)12(2)3/h6-9,12-13,16-17H,5,10-11H2,1-4H3. The van der Waals surface area contributed by atoms with Gasteiger partial charge in [-0.2, -0.15) is 0 Å². The maximum Gasteiger partial charge on any atom is 0.119 e. The number of hydrogen-bond donors (Lipinski definition) is 2. The van der Waals surface area contributed by atoms with Gasteiger partial charge in [-0.1, -0.05) is 13.8 Å². The summed E-state index contributed by atoms with van der Waals surface area (Å²) in [5.41, 5.74) is 1.15. The first-order valence-electron chi connectivity index (χ1n) is 6.78. The quantitative estimate of drug-likeness (QED) is 0.744. The molecule has 0 heterocycles. The van der Waals surface area contributed by atoms with Crippen molar-refractivity contribution in [1.29, 1.82) is 0 Å². The molecular weight excluding hydrogens is 224 g/mol. The Bertz CT molecular complexity index is 322. The van der Waals surface area contributed by atoms with E-state index in [0.29, 0.717) is 18.4 Å². The van der Waals surface area contributed by atoms with E-state index in [1.165, 1.54) is 0 Å². The highest BCUT2D eigenvalue weighted by atomic mass is 16.5. The van der Waals surface area contributed by atoms with E-state index >= 15 is 0 Å². The summed E-state index contributed by atoms with van der Waals surface area (Å²) in [4.78, 5) is 0. The molecule has 1 aromatic rings. The van der Waals surface area contributed by atoms with Crippen molar-refractivity contribution in [1.82, 2.24) is 5.32 Å². The first kappa shape index (κ1) is 14.8. The van der Waals surface area contributed by atoms with Crippen molar-refractivity contribution in [2.24, 2.45) is 11.8 Å². The Labute approximate surface area is 111 Å². The molecule has 1 aromatic carbocycles. The summed E-state index contributed by atoms with van der Waals surface area (Å²) in [5.74, 6) is 2.24. The van der Waals surface area contributed by atoms with Crippen LogP contribution in [-0.2, 0) is 0 Å². The Morgan fingerprint density at radius 3 is 2.28 bits per heavy atom. The van der Waals surface area contributed by atoms with Crippen LogP contribution >= 0.6 is 0 Å². The van der Waals surface area contributed by atoms with Crippen LogP contribution in [0.3, 0.4) is 0 Å². The lowest BCUT2D eigenvalue weighted by molar-refractivity contribution is 0.340. The predicted octanol–water partition coefficient (Wildman–Crippen LogP) is 2.99. The van der Waals surface area contributed by atoms with E-state index in [0.717, 1.165) is 24.5 Å². The molecule has 0 spiro atoms. The lowest BCUT2D eigenvalue weighted by Gasteiger charge is -2.21. The zero-order chi connectivity index (χ0) is 13.4. The molecule has 0 aromatic heterocycles. The normalized spacial score (nSPS) is 12.5. The highest BCUT2D eigenvalue weighted by molar-refractivity contribution is 5.46. The second kappa shape index (κ2) is 7.98. The lowest BCUT2D eigenvalue weighted by atomic mass is 9.95. The maximum atomic E-state index is 5.43. The van der Waals surface area contributed by atoms with Crippen LogP contribution in [0.4, 0.5) is 5.69 Å². The Hall–Kier alpha value is -1.22. The molecular formula is C15H26N2O. The minimum atomic E-state index is 0.640. The summed E-state index contributed by atoms with van der Waals surface area (Å²) < 4.78 is 5.43. The molecule has 2 N–H and O–H groups in total. The molecule has 0 radical (unpaired) electrons. The fraction of sp³-hybridized carbons (Fsp3) is 0.600. The summed E-state index contributed by atoms with van der Waals surface area (Å²) in [6.07, 6.45) is 0. The third kappa shape index (κ3) is 4.96. The third-order valence-corrected chi connectivity index (χ3v) is 3.14. The fourth-order valence-corrected chi connectivity index (χ4v) is 1.89. The van der Waals surface area contributed by atoms with Crippen molar-refractivity contribution in [2.45, 2.75) is 20.8 Å². The molecule has 0 saturated heterocycles. The van der Waals surface area contributed by atoms with Crippen LogP contribution in [-0.4, -0.2) is 26.7 Å². The van der Waals surface area contributed by atoms with Crippen molar-refractivity contribution in [2.75, 3.05) is 32.1 Å². The van der Waals surface area contributed by atoms with Gasteiger partial charge in [-0.05, 0) is 56.6 Å². The average molecular weight is 250 g/mol. The smallest absolute Gasteiger partial charge is 0.119 e. The number of hydrogen-bond acceptors (Lipinski definition) is 3. The molecule has 0 aliphatic rings. The van der Waals surface area contributed by atoms with Gasteiger partial charge in [0.25, 0.3) is 0 Å². The SMILES string of the molecule is CCOc1ccc(NCC(CNC)C(C)C)cc1. The van der Waals surface area contributed by atoms with Gasteiger partial charge in [0, 0.05) is 12.2 Å². The van der Waals surface area contributed by atoms with E-state index in [9.17, 15) is 0 Å². The summed E-state index contributed by atoms with van der Waals surface area (Å²) in [7, 11) is 2.01. The summed E-state index contributed by atoms with van der Waals surface area (Å²) >= 11 is 0. The summed E-state index contributed by atoms with van der Waals surface area (Å²) in [6, 6.07) is 8.16. The van der Waals surface area contributed by atoms with Gasteiger partial charge in [-0.25, -0.2) is 0 Å². The van der Waals surface area contributed by atoms with E-state index in [1.54, 1.807) is 0 Å². The molecule has 0 amide bonds. The second-order valence-electron chi connectivity index (χ2n) is 4.90. The van der Waals surface area contributed by atoms with Crippen LogP contribution < -0.4 is 15.4 Å². The lowest BCUT2D eigenvalue weighted by Crippen LogP contribution is -2.29. The van der Waals surface area contributed by atoms with E-state index in [-0.39, 0.29) is 0 Å². The van der Waals surface area contributed by atoms with Gasteiger partial charge in [0.15, 0.2) is 0 Å². The largest absolute Gasteiger partial charge is 0.494 e. The molecule has 0 bridgehead atoms. The fourth-order valence-electron chi connectivity index (χ4n) is 1.89. The van der Waals surface area contributed by atoms with Gasteiger partial charge >= 0.3 is 0 Å². The monoisotopic (exact) mass is 250 g/mol. The van der Waals surface area contributed by atoms with E-state index < -0.39 is 0 Å². The van der Waals surface area contributed by atoms with Gasteiger partial charge in [0.05, 0.1) is 6.61 Å². The number of nitrogens with one attached hydrogen (secondary N) is 2. The molecule has 18 heavy (non-hydrogen) atoms. The number of rotatable bonds is 8. The first-order valence-corrected chi connectivity index (χ1v) is 6.78. The van der Waals surface area contributed by atoms with E-state index in [2.05, 4.69) is 36.6 Å². The number of ether oxygens (including phenoxy) is 1. The molecule has 0 aliphatic carbocycles. The molecule has 102 valence electrons. The van der Waals surface area contributed by atoms with Crippen LogP contribution in [0.25, 0.3) is 0 Å². The second-order valence-corrected chi connectivity index (χ2v) is 4.90. The zero-order valence-electron chi connectivity index (χ0n) is 12.0. The zero-order valence-corrected chi connectivity index (χ0v) is 12.0. The highest BCUT2D eigenvalue weighted by Crippen LogP contribution is 2.17. The molecule has 1 atom stereocenters. The van der Waals surface area contributed by atoms with Crippen LogP contribution in [0.5, 0.6) is 5.75 Å². The molecule has 0 saturated carbocycles. The Kier molecular flexibility index (Phi) is 6.58. The van der Waals surface area contributed by atoms with Crippen LogP contribution in [0.1, 0.15) is 20.8 Å². The first-order chi connectivity index (χ1) is 8.67. The van der Waals surface area contributed by atoms with Crippen molar-refractivity contribution in [3.8, 4) is 5.75 Å². The van der Waals surface area contributed by atoms with Gasteiger partial charge in [-0.15, -0.1) is 0 Å². The molecule has 1 rings (SSSR count). The molecule has 0 fully saturated rings. The van der Waals surface area contributed by atoms with Crippen LogP contribution in [0.2, 0.25) is 0 Å². The molecule has 0 aliphatic heterocycles. The number of benzene rings is 1. The van der Waals surface area contributed by atoms with Crippen LogP contribution in [0.15, 0.2) is 24.3 Å². The van der Waals surface area contributed by atoms with Gasteiger partial charge in [-0.3, -0.25) is 0 Å². The van der Waals surface area contributed by atoms with Gasteiger partial charge < -0.3 is 15.4 Å². The molecule has 3 nitrogen and oxygen atoms in total. The number of anilines is 1. The van der Waals surface area contributed by atoms with Crippen molar-refractivity contribution >= 4 is 5.69 Å². The molecule has 1 unspecified atom stereocenters. The van der Waals surface area contributed by atoms with Crippen molar-refractivity contribution in [3.05, 3.63) is 24.3 Å². The minimum absolute atomic E-state index is 0.640. The average Bonchev–Trinajstić information content (AvgIpc) is 2.36. The topological polar surface area (TPSA) is 33.3 Å². The van der Waals surface area contributed by atoms with Crippen molar-refractivity contribution < 1.29 is 4.74 Å². The molecule has 3 heteroatoms. The Morgan fingerprint density at radius 1 is 1.11 bits per heavy atom. The van der Waals surface area contributed by atoms with E-state index in [4.69, 9.17) is 4.74 Å². The Balaban J connectivity index is 2.46. The Morgan fingerprint density at radius 2 is 1.78 bits per heavy atom. The predicted molar refractivity (Wildman–Crippen MR) is 78.4 cm³/mol. The van der Waals surface area contributed by atoms with E-state index in [1.807, 2.05) is 26.1 Å². The summed E-state index contributed by atoms with van der Waals surface area (Å²) in [6.45, 7) is 9.28. The minimum Gasteiger partial charge on any atom is -0.494 e. The van der Waals surface area contributed by atoms with Crippen LogP contribution in [0, 0.1) is 11.8 Å². The highest BCUT2D eigenvalue weighted by Gasteiger charge is 2.11. The van der Waals surface area contributed by atoms with Gasteiger partial charge in [0.1, 0.15) is 5.75 Å². The van der Waals surface area contributed by atoms with Crippen molar-refractivity contribution in [3.63, 3.8) is 0 Å².